The van der Waals surface area contributed by atoms with Crippen molar-refractivity contribution < 1.29 is 8.42 Å². The average Bonchev–Trinajstić information content (AvgIpc) is 2.29. The third-order valence-electron chi connectivity index (χ3n) is 3.51. The van der Waals surface area contributed by atoms with E-state index in [1.807, 2.05) is 24.3 Å². The highest BCUT2D eigenvalue weighted by molar-refractivity contribution is 8.13. The van der Waals surface area contributed by atoms with Crippen LogP contribution in [0.1, 0.15) is 29.9 Å². The van der Waals surface area contributed by atoms with Gasteiger partial charge in [0.1, 0.15) is 0 Å². The zero-order valence-corrected chi connectivity index (χ0v) is 12.0. The van der Waals surface area contributed by atoms with Gasteiger partial charge in [0, 0.05) is 10.7 Å². The molecule has 0 bridgehead atoms. The summed E-state index contributed by atoms with van der Waals surface area (Å²) in [5.41, 5.74) is 2.06. The predicted octanol–water partition coefficient (Wildman–Crippen LogP) is 2.56. The van der Waals surface area contributed by atoms with Crippen LogP contribution >= 0.6 is 10.7 Å². The van der Waals surface area contributed by atoms with E-state index in [4.69, 9.17) is 10.7 Å². The Morgan fingerprint density at radius 3 is 2.28 bits per heavy atom. The van der Waals surface area contributed by atoms with Gasteiger partial charge in [0.25, 0.3) is 0 Å². The van der Waals surface area contributed by atoms with E-state index in [0.717, 1.165) is 18.7 Å². The van der Waals surface area contributed by atoms with Crippen molar-refractivity contribution in [2.75, 3.05) is 20.1 Å². The lowest BCUT2D eigenvalue weighted by Gasteiger charge is -2.29. The molecule has 1 aromatic carbocycles. The molecule has 0 unspecified atom stereocenters. The molecule has 0 radical (unpaired) electrons. The standard InChI is InChI=1S/C13H18ClNO2S/c1-15-8-6-13(7-9-15)12-4-2-11(3-5-12)10-18(14,16)17/h2-5,13H,6-10H2,1H3. The number of halogens is 1. The van der Waals surface area contributed by atoms with E-state index in [1.165, 1.54) is 18.4 Å². The summed E-state index contributed by atoms with van der Waals surface area (Å²) in [4.78, 5) is 2.34. The van der Waals surface area contributed by atoms with Crippen molar-refractivity contribution >= 4 is 19.7 Å². The minimum absolute atomic E-state index is 0.0950. The number of nitrogens with zero attached hydrogens (tertiary/aromatic N) is 1. The highest BCUT2D eigenvalue weighted by atomic mass is 35.7. The second kappa shape index (κ2) is 5.59. The van der Waals surface area contributed by atoms with Crippen LogP contribution in [0.25, 0.3) is 0 Å². The van der Waals surface area contributed by atoms with Crippen LogP contribution in [0.2, 0.25) is 0 Å². The van der Waals surface area contributed by atoms with Gasteiger partial charge in [-0.2, -0.15) is 0 Å². The first-order chi connectivity index (χ1) is 8.44. The molecule has 1 aliphatic rings. The second-order valence-corrected chi connectivity index (χ2v) is 7.78. The van der Waals surface area contributed by atoms with E-state index in [9.17, 15) is 8.42 Å². The lowest BCUT2D eigenvalue weighted by atomic mass is 9.89. The van der Waals surface area contributed by atoms with Gasteiger partial charge in [-0.05, 0) is 50.0 Å². The smallest absolute Gasteiger partial charge is 0.236 e. The minimum Gasteiger partial charge on any atom is -0.306 e. The molecule has 2 rings (SSSR count). The van der Waals surface area contributed by atoms with Gasteiger partial charge in [0.2, 0.25) is 9.05 Å². The van der Waals surface area contributed by atoms with Gasteiger partial charge >= 0.3 is 0 Å². The van der Waals surface area contributed by atoms with Crippen molar-refractivity contribution in [1.82, 2.24) is 4.90 Å². The fraction of sp³-hybridized carbons (Fsp3) is 0.538. The number of likely N-dealkylation sites (tertiary alicyclic amines) is 1. The maximum absolute atomic E-state index is 11.0. The van der Waals surface area contributed by atoms with Crippen molar-refractivity contribution in [2.45, 2.75) is 24.5 Å². The highest BCUT2D eigenvalue weighted by Gasteiger charge is 2.18. The Morgan fingerprint density at radius 1 is 1.22 bits per heavy atom. The molecule has 18 heavy (non-hydrogen) atoms. The van der Waals surface area contributed by atoms with Crippen molar-refractivity contribution in [2.24, 2.45) is 0 Å². The summed E-state index contributed by atoms with van der Waals surface area (Å²) in [5.74, 6) is 0.505. The molecule has 1 fully saturated rings. The van der Waals surface area contributed by atoms with Crippen LogP contribution in [0.15, 0.2) is 24.3 Å². The number of piperidine rings is 1. The lowest BCUT2D eigenvalue weighted by molar-refractivity contribution is 0.255. The summed E-state index contributed by atoms with van der Waals surface area (Å²) >= 11 is 0. The normalized spacial score (nSPS) is 19.0. The quantitative estimate of drug-likeness (QED) is 0.802. The largest absolute Gasteiger partial charge is 0.306 e. The summed E-state index contributed by atoms with van der Waals surface area (Å²) in [6, 6.07) is 7.81. The van der Waals surface area contributed by atoms with E-state index >= 15 is 0 Å². The topological polar surface area (TPSA) is 37.4 Å². The minimum atomic E-state index is -3.46. The maximum Gasteiger partial charge on any atom is 0.236 e. The highest BCUT2D eigenvalue weighted by Crippen LogP contribution is 2.27. The Balaban J connectivity index is 2.03. The molecule has 3 nitrogen and oxygen atoms in total. The number of rotatable bonds is 3. The van der Waals surface area contributed by atoms with E-state index in [1.54, 1.807) is 0 Å². The van der Waals surface area contributed by atoms with Crippen molar-refractivity contribution in [3.8, 4) is 0 Å². The Bertz CT molecular complexity index is 490. The molecular formula is C13H18ClNO2S. The van der Waals surface area contributed by atoms with Crippen molar-refractivity contribution in [3.05, 3.63) is 35.4 Å². The van der Waals surface area contributed by atoms with Gasteiger partial charge in [0.15, 0.2) is 0 Å². The monoisotopic (exact) mass is 287 g/mol. The first-order valence-electron chi connectivity index (χ1n) is 6.14. The third-order valence-corrected chi connectivity index (χ3v) is 4.51. The van der Waals surface area contributed by atoms with Gasteiger partial charge in [0.05, 0.1) is 5.75 Å². The van der Waals surface area contributed by atoms with E-state index in [-0.39, 0.29) is 5.75 Å². The fourth-order valence-electron chi connectivity index (χ4n) is 2.43. The number of hydrogen-bond acceptors (Lipinski definition) is 3. The molecule has 0 aromatic heterocycles. The van der Waals surface area contributed by atoms with E-state index in [2.05, 4.69) is 11.9 Å². The molecule has 1 aromatic rings. The van der Waals surface area contributed by atoms with Gasteiger partial charge in [-0.3, -0.25) is 0 Å². The third kappa shape index (κ3) is 3.97. The van der Waals surface area contributed by atoms with Crippen LogP contribution in [0, 0.1) is 0 Å². The van der Waals surface area contributed by atoms with E-state index in [0.29, 0.717) is 5.92 Å². The van der Waals surface area contributed by atoms with E-state index < -0.39 is 9.05 Å². The first kappa shape index (κ1) is 13.8. The molecule has 0 amide bonds. The Labute approximate surface area is 113 Å². The van der Waals surface area contributed by atoms with Crippen molar-refractivity contribution in [1.29, 1.82) is 0 Å². The summed E-state index contributed by atoms with van der Waals surface area (Å²) in [7, 11) is 3.93. The molecule has 1 saturated heterocycles. The van der Waals surface area contributed by atoms with Gasteiger partial charge in [-0.1, -0.05) is 24.3 Å². The van der Waals surface area contributed by atoms with Gasteiger partial charge in [-0.25, -0.2) is 8.42 Å². The summed E-state index contributed by atoms with van der Waals surface area (Å²) in [5, 5.41) is 0. The molecular weight excluding hydrogens is 270 g/mol. The SMILES string of the molecule is CN1CCC(c2ccc(CS(=O)(=O)Cl)cc2)CC1. The molecule has 100 valence electrons. The lowest BCUT2D eigenvalue weighted by Crippen LogP contribution is -2.29. The molecule has 5 heteroatoms. The van der Waals surface area contributed by atoms with Crippen LogP contribution in [-0.2, 0) is 14.8 Å². The van der Waals surface area contributed by atoms with Crippen LogP contribution in [0.3, 0.4) is 0 Å². The molecule has 0 atom stereocenters. The number of hydrogen-bond donors (Lipinski definition) is 0. The molecule has 0 aliphatic carbocycles. The summed E-state index contributed by atoms with van der Waals surface area (Å²) in [6.07, 6.45) is 2.34. The number of benzene rings is 1. The Morgan fingerprint density at radius 2 is 1.78 bits per heavy atom. The van der Waals surface area contributed by atoms with Crippen LogP contribution in [0.5, 0.6) is 0 Å². The fourth-order valence-corrected chi connectivity index (χ4v) is 3.40. The predicted molar refractivity (Wildman–Crippen MR) is 74.4 cm³/mol. The van der Waals surface area contributed by atoms with Gasteiger partial charge < -0.3 is 4.90 Å². The first-order valence-corrected chi connectivity index (χ1v) is 8.61. The molecule has 1 heterocycles. The van der Waals surface area contributed by atoms with Crippen LogP contribution < -0.4 is 0 Å². The summed E-state index contributed by atoms with van der Waals surface area (Å²) in [6.45, 7) is 2.25. The zero-order valence-electron chi connectivity index (χ0n) is 10.5. The average molecular weight is 288 g/mol. The van der Waals surface area contributed by atoms with Gasteiger partial charge in [-0.15, -0.1) is 0 Å². The van der Waals surface area contributed by atoms with Crippen LogP contribution in [-0.4, -0.2) is 33.5 Å². The molecule has 0 saturated carbocycles. The maximum atomic E-state index is 11.0. The zero-order chi connectivity index (χ0) is 13.2. The van der Waals surface area contributed by atoms with Crippen LogP contribution in [0.4, 0.5) is 0 Å². The molecule has 0 N–H and O–H groups in total. The molecule has 0 spiro atoms. The Hall–Kier alpha value is -0.580. The molecule has 1 aliphatic heterocycles. The second-order valence-electron chi connectivity index (χ2n) is 5.00. The Kier molecular flexibility index (Phi) is 4.30. The summed E-state index contributed by atoms with van der Waals surface area (Å²) < 4.78 is 22.0. The van der Waals surface area contributed by atoms with Crippen molar-refractivity contribution in [3.63, 3.8) is 0 Å².